The summed E-state index contributed by atoms with van der Waals surface area (Å²) in [6, 6.07) is 6.27. The molecule has 0 bridgehead atoms. The highest BCUT2D eigenvalue weighted by Gasteiger charge is 2.30. The molecule has 1 aromatic carbocycles. The average Bonchev–Trinajstić information content (AvgIpc) is 3.30. The van der Waals surface area contributed by atoms with Crippen molar-refractivity contribution in [3.63, 3.8) is 0 Å². The van der Waals surface area contributed by atoms with E-state index in [2.05, 4.69) is 10.4 Å². The van der Waals surface area contributed by atoms with Gasteiger partial charge in [-0.2, -0.15) is 0 Å². The lowest BCUT2D eigenvalue weighted by molar-refractivity contribution is -0.121. The first-order chi connectivity index (χ1) is 14.9. The molecule has 1 N–H and O–H groups in total. The zero-order valence-corrected chi connectivity index (χ0v) is 17.8. The molecule has 8 nitrogen and oxygen atoms in total. The summed E-state index contributed by atoms with van der Waals surface area (Å²) in [6.45, 7) is 1.68. The van der Waals surface area contributed by atoms with Crippen LogP contribution in [0.3, 0.4) is 0 Å². The molecule has 158 valence electrons. The standard InChI is InChI=1S/C22H20N4O4S/c1-12-23-21-19(15-7-2-3-8-16(15)31-21)22(30)26(12)24-20(29)13-5-4-6-14(11-13)25-17(27)9-10-18(25)28/h4-6,11H,2-3,7-10H2,1H3,(H,24,29). The molecule has 3 heterocycles. The molecule has 0 radical (unpaired) electrons. The van der Waals surface area contributed by atoms with Crippen LogP contribution in [0.15, 0.2) is 29.1 Å². The van der Waals surface area contributed by atoms with Crippen molar-refractivity contribution in [2.45, 2.75) is 45.4 Å². The van der Waals surface area contributed by atoms with Crippen molar-refractivity contribution in [3.05, 3.63) is 56.4 Å². The monoisotopic (exact) mass is 436 g/mol. The van der Waals surface area contributed by atoms with Crippen LogP contribution in [0.1, 0.15) is 52.3 Å². The Hall–Kier alpha value is -3.33. The largest absolute Gasteiger partial charge is 0.281 e. The number of aromatic nitrogens is 2. The summed E-state index contributed by atoms with van der Waals surface area (Å²) < 4.78 is 1.19. The number of nitrogens with zero attached hydrogens (tertiary/aromatic N) is 3. The zero-order valence-electron chi connectivity index (χ0n) is 16.9. The number of hydrogen-bond acceptors (Lipinski definition) is 6. The van der Waals surface area contributed by atoms with Gasteiger partial charge in [0.15, 0.2) is 0 Å². The van der Waals surface area contributed by atoms with E-state index in [0.717, 1.165) is 36.1 Å². The van der Waals surface area contributed by atoms with Gasteiger partial charge in [-0.25, -0.2) is 9.66 Å². The van der Waals surface area contributed by atoms with Gasteiger partial charge in [0.2, 0.25) is 11.8 Å². The van der Waals surface area contributed by atoms with Crippen LogP contribution >= 0.6 is 11.3 Å². The van der Waals surface area contributed by atoms with Gasteiger partial charge in [-0.15, -0.1) is 11.3 Å². The van der Waals surface area contributed by atoms with Crippen molar-refractivity contribution in [1.29, 1.82) is 0 Å². The van der Waals surface area contributed by atoms with Crippen LogP contribution in [0.4, 0.5) is 5.69 Å². The predicted octanol–water partition coefficient (Wildman–Crippen LogP) is 2.68. The summed E-state index contributed by atoms with van der Waals surface area (Å²) in [6.07, 6.45) is 4.30. The van der Waals surface area contributed by atoms with Crippen LogP contribution in [-0.4, -0.2) is 27.4 Å². The molecular weight excluding hydrogens is 416 g/mol. The van der Waals surface area contributed by atoms with Gasteiger partial charge < -0.3 is 0 Å². The van der Waals surface area contributed by atoms with E-state index in [1.165, 1.54) is 15.6 Å². The van der Waals surface area contributed by atoms with E-state index in [0.29, 0.717) is 21.7 Å². The molecule has 1 aliphatic heterocycles. The maximum atomic E-state index is 13.2. The predicted molar refractivity (Wildman–Crippen MR) is 117 cm³/mol. The molecule has 0 unspecified atom stereocenters. The highest BCUT2D eigenvalue weighted by molar-refractivity contribution is 7.18. The Morgan fingerprint density at radius 3 is 2.58 bits per heavy atom. The van der Waals surface area contributed by atoms with E-state index in [1.54, 1.807) is 36.5 Å². The van der Waals surface area contributed by atoms with Crippen molar-refractivity contribution >= 4 is 45.0 Å². The number of hydrogen-bond donors (Lipinski definition) is 1. The lowest BCUT2D eigenvalue weighted by Gasteiger charge is -2.16. The zero-order chi connectivity index (χ0) is 21.7. The topological polar surface area (TPSA) is 101 Å². The number of amides is 3. The van der Waals surface area contributed by atoms with Gasteiger partial charge in [0, 0.05) is 23.3 Å². The lowest BCUT2D eigenvalue weighted by Crippen LogP contribution is -2.36. The second kappa shape index (κ2) is 7.42. The number of fused-ring (bicyclic) bond motifs is 3. The highest BCUT2D eigenvalue weighted by atomic mass is 32.1. The van der Waals surface area contributed by atoms with Gasteiger partial charge in [-0.1, -0.05) is 6.07 Å². The van der Waals surface area contributed by atoms with Gasteiger partial charge in [-0.3, -0.25) is 29.5 Å². The number of imide groups is 1. The molecule has 2 aromatic heterocycles. The van der Waals surface area contributed by atoms with Crippen LogP contribution in [0.5, 0.6) is 0 Å². The van der Waals surface area contributed by atoms with Crippen LogP contribution in [0, 0.1) is 6.92 Å². The van der Waals surface area contributed by atoms with Crippen molar-refractivity contribution in [1.82, 2.24) is 9.66 Å². The smallest absolute Gasteiger partial charge is 0.274 e. The molecule has 3 amide bonds. The van der Waals surface area contributed by atoms with Crippen molar-refractivity contribution in [3.8, 4) is 0 Å². The number of aryl methyl sites for hydroxylation is 3. The van der Waals surface area contributed by atoms with Crippen LogP contribution in [-0.2, 0) is 22.4 Å². The molecule has 0 atom stereocenters. The van der Waals surface area contributed by atoms with E-state index < -0.39 is 5.91 Å². The summed E-state index contributed by atoms with van der Waals surface area (Å²) in [4.78, 5) is 57.8. The second-order valence-corrected chi connectivity index (χ2v) is 8.89. The van der Waals surface area contributed by atoms with E-state index in [-0.39, 0.29) is 35.8 Å². The Morgan fingerprint density at radius 2 is 1.81 bits per heavy atom. The third-order valence-electron chi connectivity index (χ3n) is 5.79. The minimum absolute atomic E-state index is 0.167. The Morgan fingerprint density at radius 1 is 1.06 bits per heavy atom. The number of carbonyl (C=O) groups is 3. The van der Waals surface area contributed by atoms with E-state index >= 15 is 0 Å². The first-order valence-corrected chi connectivity index (χ1v) is 11.1. The molecular formula is C22H20N4O4S. The van der Waals surface area contributed by atoms with Crippen molar-refractivity contribution in [2.24, 2.45) is 0 Å². The van der Waals surface area contributed by atoms with Crippen LogP contribution < -0.4 is 15.9 Å². The first kappa shape index (κ1) is 19.6. The molecule has 1 fully saturated rings. The first-order valence-electron chi connectivity index (χ1n) is 10.2. The van der Waals surface area contributed by atoms with E-state index in [4.69, 9.17) is 0 Å². The Bertz CT molecular complexity index is 1310. The molecule has 1 saturated heterocycles. The number of rotatable bonds is 3. The summed E-state index contributed by atoms with van der Waals surface area (Å²) in [5.74, 6) is -0.695. The van der Waals surface area contributed by atoms with Gasteiger partial charge in [-0.05, 0) is 56.4 Å². The Balaban J connectivity index is 1.50. The summed E-state index contributed by atoms with van der Waals surface area (Å²) in [5.41, 5.74) is 4.01. The molecule has 3 aromatic rings. The van der Waals surface area contributed by atoms with Gasteiger partial charge in [0.05, 0.1) is 11.1 Å². The highest BCUT2D eigenvalue weighted by Crippen LogP contribution is 2.33. The molecule has 2 aliphatic rings. The fraction of sp³-hybridized carbons (Fsp3) is 0.318. The van der Waals surface area contributed by atoms with Crippen molar-refractivity contribution < 1.29 is 14.4 Å². The average molecular weight is 436 g/mol. The van der Waals surface area contributed by atoms with Gasteiger partial charge in [0.25, 0.3) is 11.5 Å². The van der Waals surface area contributed by atoms with Crippen LogP contribution in [0.2, 0.25) is 0 Å². The quantitative estimate of drug-likeness (QED) is 0.636. The SMILES string of the molecule is Cc1nc2sc3c(c2c(=O)n1NC(=O)c1cccc(N2C(=O)CCC2=O)c1)CCCC3. The Labute approximate surface area is 181 Å². The number of anilines is 1. The lowest BCUT2D eigenvalue weighted by atomic mass is 9.97. The molecule has 31 heavy (non-hydrogen) atoms. The second-order valence-electron chi connectivity index (χ2n) is 7.80. The number of nitrogens with one attached hydrogen (secondary N) is 1. The van der Waals surface area contributed by atoms with Gasteiger partial charge >= 0.3 is 0 Å². The van der Waals surface area contributed by atoms with E-state index in [9.17, 15) is 19.2 Å². The molecule has 0 spiro atoms. The molecule has 9 heteroatoms. The summed E-state index contributed by atoms with van der Waals surface area (Å²) >= 11 is 1.56. The summed E-state index contributed by atoms with van der Waals surface area (Å²) in [5, 5.41) is 0.590. The third-order valence-corrected chi connectivity index (χ3v) is 6.97. The van der Waals surface area contributed by atoms with Crippen molar-refractivity contribution in [2.75, 3.05) is 10.3 Å². The fourth-order valence-corrected chi connectivity index (χ4v) is 5.55. The fourth-order valence-electron chi connectivity index (χ4n) is 4.26. The minimum atomic E-state index is -0.517. The van der Waals surface area contributed by atoms with E-state index in [1.807, 2.05) is 0 Å². The number of thiophene rings is 1. The maximum absolute atomic E-state index is 13.2. The van der Waals surface area contributed by atoms with Crippen LogP contribution in [0.25, 0.3) is 10.2 Å². The summed E-state index contributed by atoms with van der Waals surface area (Å²) in [7, 11) is 0. The molecule has 1 aliphatic carbocycles. The Kier molecular flexibility index (Phi) is 4.70. The maximum Gasteiger partial charge on any atom is 0.281 e. The molecule has 5 rings (SSSR count). The molecule has 0 saturated carbocycles. The third kappa shape index (κ3) is 3.25. The number of carbonyl (C=O) groups excluding carboxylic acids is 3. The van der Waals surface area contributed by atoms with Gasteiger partial charge in [0.1, 0.15) is 10.7 Å². The minimum Gasteiger partial charge on any atom is -0.274 e. The number of benzene rings is 1. The normalized spacial score (nSPS) is 16.1.